The number of rotatable bonds is 6. The first-order valence-electron chi connectivity index (χ1n) is 10.4. The molecule has 0 fully saturated rings. The minimum absolute atomic E-state index is 0.193. The SMILES string of the molecule is CC(C)(C)OC(=O)CN(C(=O)c1c(F)cccc1F)c1cccc(-c2ccccc2CO)c1. The molecule has 5 nitrogen and oxygen atoms in total. The number of nitrogens with zero attached hydrogens (tertiary/aromatic N) is 1. The number of ether oxygens (including phenoxy) is 1. The smallest absolute Gasteiger partial charge is 0.326 e. The van der Waals surface area contributed by atoms with Crippen LogP contribution in [-0.4, -0.2) is 29.1 Å². The predicted octanol–water partition coefficient (Wildman–Crippen LogP) is 5.11. The van der Waals surface area contributed by atoms with E-state index in [0.29, 0.717) is 11.1 Å². The van der Waals surface area contributed by atoms with Crippen LogP contribution in [0.3, 0.4) is 0 Å². The molecule has 0 radical (unpaired) electrons. The molecule has 0 saturated heterocycles. The number of amides is 1. The second-order valence-electron chi connectivity index (χ2n) is 8.44. The van der Waals surface area contributed by atoms with E-state index in [2.05, 4.69) is 0 Å². The largest absolute Gasteiger partial charge is 0.459 e. The van der Waals surface area contributed by atoms with Gasteiger partial charge in [-0.1, -0.05) is 42.5 Å². The Hall–Kier alpha value is -3.58. The third-order valence-electron chi connectivity index (χ3n) is 4.79. The lowest BCUT2D eigenvalue weighted by atomic mass is 9.99. The number of esters is 1. The van der Waals surface area contributed by atoms with Crippen LogP contribution in [0.25, 0.3) is 11.1 Å². The van der Waals surface area contributed by atoms with E-state index in [0.717, 1.165) is 28.7 Å². The molecular formula is C26H25F2NO4. The van der Waals surface area contributed by atoms with Gasteiger partial charge in [0.05, 0.1) is 6.61 Å². The molecule has 7 heteroatoms. The van der Waals surface area contributed by atoms with Gasteiger partial charge in [0, 0.05) is 5.69 Å². The summed E-state index contributed by atoms with van der Waals surface area (Å²) in [5.74, 6) is -3.80. The predicted molar refractivity (Wildman–Crippen MR) is 122 cm³/mol. The lowest BCUT2D eigenvalue weighted by molar-refractivity contribution is -0.152. The lowest BCUT2D eigenvalue weighted by Gasteiger charge is -2.26. The van der Waals surface area contributed by atoms with Crippen molar-refractivity contribution in [2.24, 2.45) is 0 Å². The van der Waals surface area contributed by atoms with E-state index in [-0.39, 0.29) is 12.3 Å². The summed E-state index contributed by atoms with van der Waals surface area (Å²) in [7, 11) is 0. The van der Waals surface area contributed by atoms with Crippen molar-refractivity contribution in [3.05, 3.63) is 89.5 Å². The van der Waals surface area contributed by atoms with E-state index < -0.39 is 41.2 Å². The number of carbonyl (C=O) groups excluding carboxylic acids is 2. The number of aliphatic hydroxyl groups excluding tert-OH is 1. The molecule has 172 valence electrons. The summed E-state index contributed by atoms with van der Waals surface area (Å²) in [6, 6.07) is 16.9. The zero-order chi connectivity index (χ0) is 24.2. The average Bonchev–Trinajstić information content (AvgIpc) is 2.76. The molecule has 3 rings (SSSR count). The normalized spacial score (nSPS) is 11.2. The van der Waals surface area contributed by atoms with Gasteiger partial charge in [-0.2, -0.15) is 0 Å². The molecule has 1 N–H and O–H groups in total. The number of carbonyl (C=O) groups is 2. The van der Waals surface area contributed by atoms with Crippen LogP contribution in [-0.2, 0) is 16.1 Å². The van der Waals surface area contributed by atoms with E-state index in [9.17, 15) is 23.5 Å². The van der Waals surface area contributed by atoms with E-state index in [1.807, 2.05) is 0 Å². The molecule has 3 aromatic carbocycles. The zero-order valence-corrected chi connectivity index (χ0v) is 18.6. The third-order valence-corrected chi connectivity index (χ3v) is 4.79. The van der Waals surface area contributed by atoms with E-state index in [4.69, 9.17) is 4.74 Å². The van der Waals surface area contributed by atoms with Gasteiger partial charge < -0.3 is 9.84 Å². The van der Waals surface area contributed by atoms with Gasteiger partial charge >= 0.3 is 5.97 Å². The molecule has 0 aromatic heterocycles. The Bertz CT molecular complexity index is 1150. The highest BCUT2D eigenvalue weighted by Crippen LogP contribution is 2.29. The molecule has 0 bridgehead atoms. The van der Waals surface area contributed by atoms with Crippen molar-refractivity contribution in [3.8, 4) is 11.1 Å². The van der Waals surface area contributed by atoms with Gasteiger partial charge in [-0.3, -0.25) is 14.5 Å². The van der Waals surface area contributed by atoms with Crippen LogP contribution in [0, 0.1) is 11.6 Å². The van der Waals surface area contributed by atoms with Crippen LogP contribution in [0.1, 0.15) is 36.7 Å². The molecular weight excluding hydrogens is 428 g/mol. The summed E-state index contributed by atoms with van der Waals surface area (Å²) >= 11 is 0. The van der Waals surface area contributed by atoms with Crippen molar-refractivity contribution in [3.63, 3.8) is 0 Å². The molecule has 0 aliphatic heterocycles. The summed E-state index contributed by atoms with van der Waals surface area (Å²) in [6.07, 6.45) is 0. The Balaban J connectivity index is 2.08. The van der Waals surface area contributed by atoms with Crippen LogP contribution < -0.4 is 4.90 Å². The van der Waals surface area contributed by atoms with Gasteiger partial charge in [0.2, 0.25) is 0 Å². The number of hydrogen-bond acceptors (Lipinski definition) is 4. The second kappa shape index (κ2) is 9.92. The fraction of sp³-hybridized carbons (Fsp3) is 0.231. The average molecular weight is 453 g/mol. The van der Waals surface area contributed by atoms with Gasteiger partial charge in [0.1, 0.15) is 29.3 Å². The van der Waals surface area contributed by atoms with Crippen molar-refractivity contribution in [2.45, 2.75) is 33.0 Å². The number of aliphatic hydroxyl groups is 1. The molecule has 0 aliphatic carbocycles. The van der Waals surface area contributed by atoms with Gasteiger partial charge in [-0.05, 0) is 61.7 Å². The Morgan fingerprint density at radius 2 is 1.58 bits per heavy atom. The molecule has 0 atom stereocenters. The molecule has 0 aliphatic rings. The Kier molecular flexibility index (Phi) is 7.23. The van der Waals surface area contributed by atoms with Gasteiger partial charge in [0.15, 0.2) is 0 Å². The highest BCUT2D eigenvalue weighted by atomic mass is 19.1. The highest BCUT2D eigenvalue weighted by Gasteiger charge is 2.28. The van der Waals surface area contributed by atoms with E-state index in [1.165, 1.54) is 0 Å². The highest BCUT2D eigenvalue weighted by molar-refractivity contribution is 6.09. The van der Waals surface area contributed by atoms with Crippen molar-refractivity contribution in [1.82, 2.24) is 0 Å². The summed E-state index contributed by atoms with van der Waals surface area (Å²) in [5, 5.41) is 9.67. The summed E-state index contributed by atoms with van der Waals surface area (Å²) < 4.78 is 34.1. The number of hydrogen-bond donors (Lipinski definition) is 1. The maximum Gasteiger partial charge on any atom is 0.326 e. The fourth-order valence-corrected chi connectivity index (χ4v) is 3.40. The van der Waals surface area contributed by atoms with Crippen molar-refractivity contribution >= 4 is 17.6 Å². The van der Waals surface area contributed by atoms with Gasteiger partial charge in [-0.25, -0.2) is 8.78 Å². The molecule has 0 heterocycles. The van der Waals surface area contributed by atoms with Crippen LogP contribution >= 0.6 is 0 Å². The van der Waals surface area contributed by atoms with E-state index in [1.54, 1.807) is 69.3 Å². The summed E-state index contributed by atoms with van der Waals surface area (Å²) in [4.78, 5) is 26.8. The first-order chi connectivity index (χ1) is 15.6. The van der Waals surface area contributed by atoms with Crippen molar-refractivity contribution in [2.75, 3.05) is 11.4 Å². The van der Waals surface area contributed by atoms with Crippen LogP contribution in [0.5, 0.6) is 0 Å². The second-order valence-corrected chi connectivity index (χ2v) is 8.44. The van der Waals surface area contributed by atoms with Crippen LogP contribution in [0.4, 0.5) is 14.5 Å². The fourth-order valence-electron chi connectivity index (χ4n) is 3.40. The van der Waals surface area contributed by atoms with Crippen LogP contribution in [0.15, 0.2) is 66.7 Å². The number of halogens is 2. The zero-order valence-electron chi connectivity index (χ0n) is 18.6. The molecule has 0 spiro atoms. The lowest BCUT2D eigenvalue weighted by Crippen LogP contribution is -2.39. The molecule has 33 heavy (non-hydrogen) atoms. The molecule has 0 saturated carbocycles. The van der Waals surface area contributed by atoms with Gasteiger partial charge in [-0.15, -0.1) is 0 Å². The minimum atomic E-state index is -1.03. The maximum atomic E-state index is 14.4. The Labute approximate surface area is 191 Å². The summed E-state index contributed by atoms with van der Waals surface area (Å²) in [5.41, 5.74) is 0.731. The summed E-state index contributed by atoms with van der Waals surface area (Å²) in [6.45, 7) is 4.30. The van der Waals surface area contributed by atoms with Crippen LogP contribution in [0.2, 0.25) is 0 Å². The van der Waals surface area contributed by atoms with Gasteiger partial charge in [0.25, 0.3) is 5.91 Å². The first-order valence-corrected chi connectivity index (χ1v) is 10.4. The van der Waals surface area contributed by atoms with Crippen molar-refractivity contribution < 1.29 is 28.2 Å². The maximum absolute atomic E-state index is 14.4. The Morgan fingerprint density at radius 3 is 2.21 bits per heavy atom. The van der Waals surface area contributed by atoms with Crippen molar-refractivity contribution in [1.29, 1.82) is 0 Å². The first kappa shape index (κ1) is 24.1. The quantitative estimate of drug-likeness (QED) is 0.527. The third kappa shape index (κ3) is 5.81. The number of anilines is 1. The topological polar surface area (TPSA) is 66.8 Å². The Morgan fingerprint density at radius 1 is 0.939 bits per heavy atom. The minimum Gasteiger partial charge on any atom is -0.459 e. The molecule has 1 amide bonds. The number of benzene rings is 3. The molecule has 3 aromatic rings. The molecule has 0 unspecified atom stereocenters. The van der Waals surface area contributed by atoms with E-state index >= 15 is 0 Å². The monoisotopic (exact) mass is 453 g/mol. The standard InChI is InChI=1S/C26H25F2NO4/c1-26(2,3)33-23(31)15-29(25(32)24-21(27)12-7-13-22(24)28)19-10-6-9-17(14-19)20-11-5-4-8-18(20)16-30/h4-14,30H,15-16H2,1-3H3.